The number of nitrogens with zero attached hydrogens (tertiary/aromatic N) is 5. The Bertz CT molecular complexity index is 1610. The highest BCUT2D eigenvalue weighted by atomic mass is 32.2. The van der Waals surface area contributed by atoms with Crippen molar-refractivity contribution in [2.24, 2.45) is 11.8 Å². The third-order valence-corrected chi connectivity index (χ3v) is 9.71. The molecule has 0 radical (unpaired) electrons. The molecule has 42 heavy (non-hydrogen) atoms. The van der Waals surface area contributed by atoms with Crippen molar-refractivity contribution in [3.8, 4) is 11.5 Å². The van der Waals surface area contributed by atoms with E-state index < -0.39 is 10.0 Å². The van der Waals surface area contributed by atoms with Crippen molar-refractivity contribution in [1.29, 1.82) is 0 Å². The molecule has 0 amide bonds. The van der Waals surface area contributed by atoms with Crippen molar-refractivity contribution >= 4 is 21.7 Å². The van der Waals surface area contributed by atoms with Crippen molar-refractivity contribution in [2.75, 3.05) is 35.6 Å². The predicted octanol–water partition coefficient (Wildman–Crippen LogP) is 5.40. The van der Waals surface area contributed by atoms with Gasteiger partial charge in [0.1, 0.15) is 11.6 Å². The Hall–Kier alpha value is -3.76. The smallest absolute Gasteiger partial charge is 0.248 e. The van der Waals surface area contributed by atoms with Crippen molar-refractivity contribution in [3.05, 3.63) is 89.8 Å². The zero-order valence-corrected chi connectivity index (χ0v) is 25.2. The fourth-order valence-electron chi connectivity index (χ4n) is 5.78. The van der Waals surface area contributed by atoms with E-state index >= 15 is 0 Å². The summed E-state index contributed by atoms with van der Waals surface area (Å²) in [4.78, 5) is 7.08. The van der Waals surface area contributed by atoms with Gasteiger partial charge >= 0.3 is 0 Å². The molecule has 0 bridgehead atoms. The van der Waals surface area contributed by atoms with Crippen LogP contribution in [0.4, 0.5) is 11.6 Å². The molecule has 4 aromatic rings. The maximum atomic E-state index is 12.6. The molecule has 3 heterocycles. The van der Waals surface area contributed by atoms with Gasteiger partial charge in [0.2, 0.25) is 21.8 Å². The number of sulfonamides is 1. The van der Waals surface area contributed by atoms with E-state index in [1.165, 1.54) is 29.6 Å². The first-order valence-electron chi connectivity index (χ1n) is 14.6. The Labute approximate surface area is 248 Å². The molecule has 6 rings (SSSR count). The largest absolute Gasteiger partial charge is 0.419 e. The molecule has 220 valence electrons. The lowest BCUT2D eigenvalue weighted by Crippen LogP contribution is -2.33. The number of pyridine rings is 1. The zero-order valence-electron chi connectivity index (χ0n) is 24.3. The molecule has 0 unspecified atom stereocenters. The second-order valence-electron chi connectivity index (χ2n) is 11.7. The van der Waals surface area contributed by atoms with E-state index in [2.05, 4.69) is 63.7 Å². The first kappa shape index (κ1) is 28.4. The van der Waals surface area contributed by atoms with Crippen LogP contribution in [0.2, 0.25) is 0 Å². The van der Waals surface area contributed by atoms with Crippen molar-refractivity contribution in [1.82, 2.24) is 20.5 Å². The lowest BCUT2D eigenvalue weighted by molar-refractivity contribution is 0.303. The second kappa shape index (κ2) is 11.9. The first-order chi connectivity index (χ1) is 20.3. The van der Waals surface area contributed by atoms with Gasteiger partial charge in [0.25, 0.3) is 0 Å². The molecule has 0 spiro atoms. The minimum absolute atomic E-state index is 0.104. The van der Waals surface area contributed by atoms with Gasteiger partial charge in [-0.3, -0.25) is 4.31 Å². The molecular formula is C32H38N6O3S. The predicted molar refractivity (Wildman–Crippen MR) is 165 cm³/mol. The first-order valence-corrected chi connectivity index (χ1v) is 16.5. The minimum Gasteiger partial charge on any atom is -0.419 e. The van der Waals surface area contributed by atoms with E-state index in [-0.39, 0.29) is 12.0 Å². The fraction of sp³-hybridized carbons (Fsp3) is 0.406. The molecule has 1 saturated carbocycles. The minimum atomic E-state index is -3.55. The van der Waals surface area contributed by atoms with Crippen LogP contribution in [-0.4, -0.2) is 50.0 Å². The number of benzene rings is 2. The van der Waals surface area contributed by atoms with Crippen LogP contribution in [0.3, 0.4) is 0 Å². The van der Waals surface area contributed by atoms with Gasteiger partial charge in [-0.25, -0.2) is 13.4 Å². The average Bonchev–Trinajstić information content (AvgIpc) is 3.48. The third kappa shape index (κ3) is 6.34. The lowest BCUT2D eigenvalue weighted by Gasteiger charge is -2.30. The molecule has 1 aliphatic carbocycles. The van der Waals surface area contributed by atoms with Gasteiger partial charge < -0.3 is 14.6 Å². The molecule has 2 aromatic carbocycles. The Morgan fingerprint density at radius 2 is 1.69 bits per heavy atom. The molecule has 4 atom stereocenters. The summed E-state index contributed by atoms with van der Waals surface area (Å²) in [5.74, 6) is 3.30. The molecule has 2 aromatic heterocycles. The zero-order chi connectivity index (χ0) is 29.3. The Morgan fingerprint density at radius 3 is 2.38 bits per heavy atom. The van der Waals surface area contributed by atoms with Crippen molar-refractivity contribution < 1.29 is 12.8 Å². The number of rotatable bonds is 10. The Morgan fingerprint density at radius 1 is 1.00 bits per heavy atom. The number of aromatic nitrogens is 3. The summed E-state index contributed by atoms with van der Waals surface area (Å²) in [6.07, 6.45) is 4.45. The van der Waals surface area contributed by atoms with Crippen LogP contribution in [-0.2, 0) is 16.6 Å². The van der Waals surface area contributed by atoms with Gasteiger partial charge in [0.05, 0.1) is 12.3 Å². The van der Waals surface area contributed by atoms with Gasteiger partial charge in [0, 0.05) is 31.6 Å². The van der Waals surface area contributed by atoms with E-state index in [1.54, 1.807) is 6.07 Å². The standard InChI is InChI=1S/C32H38N6O3S/c1-22-17-26(22)21-38(20-23-11-6-4-7-12-23)29-19-25(18-28(34-29)37(2)42(3,39)40)31-35-36-32(41-31)30-27(15-10-16-33-30)24-13-8-5-9-14-24/h4-9,11-14,18-19,22,26-27,30,33H,10,15-17,20-21H2,1-3H3/t22-,26+,27+,30+/m0/s1. The van der Waals surface area contributed by atoms with Gasteiger partial charge in [-0.1, -0.05) is 67.6 Å². The topological polar surface area (TPSA) is 104 Å². The van der Waals surface area contributed by atoms with E-state index in [0.717, 1.165) is 31.5 Å². The van der Waals surface area contributed by atoms with E-state index in [4.69, 9.17) is 9.40 Å². The highest BCUT2D eigenvalue weighted by molar-refractivity contribution is 7.92. The molecule has 2 fully saturated rings. The summed E-state index contributed by atoms with van der Waals surface area (Å²) >= 11 is 0. The molecule has 9 nitrogen and oxygen atoms in total. The molecule has 1 N–H and O–H groups in total. The van der Waals surface area contributed by atoms with Crippen LogP contribution in [0.1, 0.15) is 55.2 Å². The van der Waals surface area contributed by atoms with Gasteiger partial charge in [-0.2, -0.15) is 0 Å². The fourth-order valence-corrected chi connectivity index (χ4v) is 6.22. The SMILES string of the molecule is C[C@H]1C[C@@H]1CN(Cc1ccccc1)c1cc(-c2nnc([C@@H]3NCCC[C@@H]3c3ccccc3)o2)cc(N(C)S(C)(=O)=O)n1. The molecule has 1 aliphatic heterocycles. The summed E-state index contributed by atoms with van der Waals surface area (Å²) < 4.78 is 32.7. The Kier molecular flexibility index (Phi) is 8.00. The number of hydrogen-bond donors (Lipinski definition) is 1. The number of anilines is 2. The number of piperidine rings is 1. The van der Waals surface area contributed by atoms with Gasteiger partial charge in [-0.05, 0) is 60.9 Å². The molecule has 2 aliphatic rings. The van der Waals surface area contributed by atoms with Crippen LogP contribution in [0.15, 0.2) is 77.2 Å². The summed E-state index contributed by atoms with van der Waals surface area (Å²) in [6, 6.07) is 24.2. The van der Waals surface area contributed by atoms with E-state index in [9.17, 15) is 8.42 Å². The number of hydrogen-bond acceptors (Lipinski definition) is 8. The van der Waals surface area contributed by atoms with Gasteiger partial charge in [-0.15, -0.1) is 10.2 Å². The van der Waals surface area contributed by atoms with Gasteiger partial charge in [0.15, 0.2) is 0 Å². The highest BCUT2D eigenvalue weighted by Gasteiger charge is 2.35. The second-order valence-corrected chi connectivity index (χ2v) is 13.7. The lowest BCUT2D eigenvalue weighted by atomic mass is 9.85. The van der Waals surface area contributed by atoms with Crippen molar-refractivity contribution in [2.45, 2.75) is 44.7 Å². The third-order valence-electron chi connectivity index (χ3n) is 8.53. The van der Waals surface area contributed by atoms with Crippen LogP contribution >= 0.6 is 0 Å². The maximum Gasteiger partial charge on any atom is 0.248 e. The molecular weight excluding hydrogens is 548 g/mol. The monoisotopic (exact) mass is 586 g/mol. The van der Waals surface area contributed by atoms with E-state index in [0.29, 0.717) is 47.4 Å². The Balaban J connectivity index is 1.38. The summed E-state index contributed by atoms with van der Waals surface area (Å²) in [5, 5.41) is 12.5. The number of nitrogens with one attached hydrogen (secondary N) is 1. The van der Waals surface area contributed by atoms with Crippen LogP contribution in [0, 0.1) is 11.8 Å². The normalized spacial score (nSPS) is 22.1. The van der Waals surface area contributed by atoms with E-state index in [1.807, 2.05) is 30.3 Å². The maximum absolute atomic E-state index is 12.6. The highest BCUT2D eigenvalue weighted by Crippen LogP contribution is 2.41. The van der Waals surface area contributed by atoms with Crippen LogP contribution < -0.4 is 14.5 Å². The van der Waals surface area contributed by atoms with Crippen LogP contribution in [0.25, 0.3) is 11.5 Å². The summed E-state index contributed by atoms with van der Waals surface area (Å²) in [7, 11) is -2.03. The molecule has 10 heteroatoms. The van der Waals surface area contributed by atoms with Crippen molar-refractivity contribution in [3.63, 3.8) is 0 Å². The summed E-state index contributed by atoms with van der Waals surface area (Å²) in [5.41, 5.74) is 3.04. The average molecular weight is 587 g/mol. The quantitative estimate of drug-likeness (QED) is 0.264. The summed E-state index contributed by atoms with van der Waals surface area (Å²) in [6.45, 7) is 4.62. The van der Waals surface area contributed by atoms with Crippen LogP contribution in [0.5, 0.6) is 0 Å². The molecule has 1 saturated heterocycles.